The minimum absolute atomic E-state index is 0.0778. The maximum Gasteiger partial charge on any atom is 0.288 e. The summed E-state index contributed by atoms with van der Waals surface area (Å²) in [5.74, 6) is -3.50. The number of aryl methyl sites for hydroxylation is 1. The largest absolute Gasteiger partial charge is 0.306 e. The first-order valence-electron chi connectivity index (χ1n) is 8.97. The molecule has 1 aliphatic rings. The second-order valence-electron chi connectivity index (χ2n) is 6.88. The van der Waals surface area contributed by atoms with Crippen LogP contribution >= 0.6 is 11.8 Å². The highest BCUT2D eigenvalue weighted by molar-refractivity contribution is 7.99. The molecule has 0 fully saturated rings. The van der Waals surface area contributed by atoms with Crippen LogP contribution in [0.1, 0.15) is 27.2 Å². The molecule has 0 aliphatic carbocycles. The molecule has 2 heterocycles. The summed E-state index contributed by atoms with van der Waals surface area (Å²) >= 11 is 0.281. The van der Waals surface area contributed by atoms with Crippen molar-refractivity contribution < 1.29 is 22.0 Å². The van der Waals surface area contributed by atoms with E-state index in [1.54, 1.807) is 12.1 Å². The number of benzene rings is 2. The van der Waals surface area contributed by atoms with Gasteiger partial charge in [-0.1, -0.05) is 41.6 Å². The van der Waals surface area contributed by atoms with Gasteiger partial charge >= 0.3 is 0 Å². The Morgan fingerprint density at radius 2 is 1.83 bits per heavy atom. The zero-order valence-electron chi connectivity index (χ0n) is 15.8. The second kappa shape index (κ2) is 7.84. The Kier molecular flexibility index (Phi) is 5.37. The summed E-state index contributed by atoms with van der Waals surface area (Å²) in [6, 6.07) is 13.4. The molecule has 156 valence electrons. The molecule has 0 saturated heterocycles. The van der Waals surface area contributed by atoms with Crippen LogP contribution in [0.3, 0.4) is 0 Å². The van der Waals surface area contributed by atoms with Gasteiger partial charge in [0.15, 0.2) is 9.84 Å². The Hall–Kier alpha value is -2.72. The molecule has 0 unspecified atom stereocenters. The van der Waals surface area contributed by atoms with E-state index in [2.05, 4.69) is 10.4 Å². The van der Waals surface area contributed by atoms with E-state index in [1.807, 2.05) is 31.2 Å². The SMILES string of the molecule is Cc1ccc(-n2nc3c(c2NC(=O)c2ccccc2SC(F)F)CS(=O)(=O)C3)cc1. The van der Waals surface area contributed by atoms with Crippen LogP contribution in [-0.2, 0) is 21.3 Å². The van der Waals surface area contributed by atoms with Crippen molar-refractivity contribution in [3.05, 3.63) is 70.9 Å². The number of anilines is 1. The van der Waals surface area contributed by atoms with Gasteiger partial charge in [0.25, 0.3) is 11.7 Å². The van der Waals surface area contributed by atoms with E-state index in [9.17, 15) is 22.0 Å². The fourth-order valence-corrected chi connectivity index (χ4v) is 5.40. The van der Waals surface area contributed by atoms with E-state index < -0.39 is 21.5 Å². The molecule has 0 saturated carbocycles. The monoisotopic (exact) mass is 449 g/mol. The number of nitrogens with zero attached hydrogens (tertiary/aromatic N) is 2. The predicted octanol–water partition coefficient (Wildman–Crippen LogP) is 4.18. The molecule has 1 aliphatic heterocycles. The maximum absolute atomic E-state index is 13.0. The Bertz CT molecular complexity index is 1220. The van der Waals surface area contributed by atoms with Crippen LogP contribution in [0.5, 0.6) is 0 Å². The number of rotatable bonds is 5. The summed E-state index contributed by atoms with van der Waals surface area (Å²) in [5, 5.41) is 7.11. The molecule has 0 bridgehead atoms. The predicted molar refractivity (Wildman–Crippen MR) is 111 cm³/mol. The lowest BCUT2D eigenvalue weighted by Crippen LogP contribution is -2.17. The Morgan fingerprint density at radius 1 is 1.13 bits per heavy atom. The summed E-state index contributed by atoms with van der Waals surface area (Å²) in [4.78, 5) is 13.1. The van der Waals surface area contributed by atoms with Gasteiger partial charge in [0.2, 0.25) is 0 Å². The number of aromatic nitrogens is 2. The lowest BCUT2D eigenvalue weighted by atomic mass is 10.2. The summed E-state index contributed by atoms with van der Waals surface area (Å²) in [7, 11) is -3.35. The number of thioether (sulfide) groups is 1. The number of sulfone groups is 1. The van der Waals surface area contributed by atoms with Gasteiger partial charge in [-0.25, -0.2) is 13.1 Å². The van der Waals surface area contributed by atoms with Crippen LogP contribution < -0.4 is 5.32 Å². The molecule has 4 rings (SSSR count). The van der Waals surface area contributed by atoms with E-state index in [1.165, 1.54) is 16.8 Å². The van der Waals surface area contributed by atoms with Gasteiger partial charge in [-0.2, -0.15) is 13.9 Å². The van der Waals surface area contributed by atoms with Crippen LogP contribution in [0, 0.1) is 6.92 Å². The molecule has 6 nitrogen and oxygen atoms in total. The van der Waals surface area contributed by atoms with Gasteiger partial charge in [-0.15, -0.1) is 0 Å². The van der Waals surface area contributed by atoms with Crippen molar-refractivity contribution >= 4 is 33.3 Å². The molecule has 0 spiro atoms. The first-order chi connectivity index (χ1) is 14.2. The third-order valence-electron chi connectivity index (χ3n) is 4.65. The van der Waals surface area contributed by atoms with Crippen LogP contribution in [0.25, 0.3) is 5.69 Å². The summed E-state index contributed by atoms with van der Waals surface area (Å²) in [6.07, 6.45) is 0. The minimum atomic E-state index is -3.35. The van der Waals surface area contributed by atoms with E-state index in [4.69, 9.17) is 0 Å². The maximum atomic E-state index is 13.0. The molecule has 10 heteroatoms. The smallest absolute Gasteiger partial charge is 0.288 e. The number of carbonyl (C=O) groups excluding carboxylic acids is 1. The van der Waals surface area contributed by atoms with E-state index in [-0.39, 0.29) is 39.5 Å². The first kappa shape index (κ1) is 20.5. The summed E-state index contributed by atoms with van der Waals surface area (Å²) in [5.41, 5.74) is 2.56. The van der Waals surface area contributed by atoms with Gasteiger partial charge in [0.1, 0.15) is 5.82 Å². The fourth-order valence-electron chi connectivity index (χ4n) is 3.27. The minimum Gasteiger partial charge on any atom is -0.306 e. The van der Waals surface area contributed by atoms with Gasteiger partial charge in [0, 0.05) is 10.5 Å². The topological polar surface area (TPSA) is 81.1 Å². The van der Waals surface area contributed by atoms with E-state index in [0.717, 1.165) is 5.56 Å². The summed E-state index contributed by atoms with van der Waals surface area (Å²) < 4.78 is 51.4. The van der Waals surface area contributed by atoms with Crippen molar-refractivity contribution in [2.75, 3.05) is 5.32 Å². The molecule has 2 aromatic carbocycles. The molecule has 3 aromatic rings. The third-order valence-corrected chi connectivity index (χ3v) is 6.88. The lowest BCUT2D eigenvalue weighted by molar-refractivity contribution is 0.102. The van der Waals surface area contributed by atoms with E-state index in [0.29, 0.717) is 16.9 Å². The summed E-state index contributed by atoms with van der Waals surface area (Å²) in [6.45, 7) is 1.93. The van der Waals surface area contributed by atoms with Crippen molar-refractivity contribution in [1.82, 2.24) is 9.78 Å². The Morgan fingerprint density at radius 3 is 2.53 bits per heavy atom. The molecule has 0 atom stereocenters. The van der Waals surface area contributed by atoms with Crippen molar-refractivity contribution in [3.63, 3.8) is 0 Å². The molecule has 30 heavy (non-hydrogen) atoms. The zero-order chi connectivity index (χ0) is 21.5. The highest BCUT2D eigenvalue weighted by atomic mass is 32.2. The van der Waals surface area contributed by atoms with Gasteiger partial charge in [-0.05, 0) is 31.2 Å². The zero-order valence-corrected chi connectivity index (χ0v) is 17.4. The number of hydrogen-bond donors (Lipinski definition) is 1. The van der Waals surface area contributed by atoms with Crippen LogP contribution in [0.2, 0.25) is 0 Å². The molecule has 1 aromatic heterocycles. The lowest BCUT2D eigenvalue weighted by Gasteiger charge is -2.13. The molecule has 1 N–H and O–H groups in total. The highest BCUT2D eigenvalue weighted by Crippen LogP contribution is 2.34. The number of nitrogens with one attached hydrogen (secondary N) is 1. The normalized spacial score (nSPS) is 14.7. The molecular weight excluding hydrogens is 432 g/mol. The average molecular weight is 450 g/mol. The molecule has 1 amide bonds. The number of fused-ring (bicyclic) bond motifs is 1. The van der Waals surface area contributed by atoms with Crippen molar-refractivity contribution in [3.8, 4) is 5.69 Å². The van der Waals surface area contributed by atoms with Gasteiger partial charge in [0.05, 0.1) is 28.5 Å². The average Bonchev–Trinajstić information content (AvgIpc) is 3.15. The van der Waals surface area contributed by atoms with E-state index >= 15 is 0 Å². The number of carbonyl (C=O) groups is 1. The number of amides is 1. The second-order valence-corrected chi connectivity index (χ2v) is 9.98. The highest BCUT2D eigenvalue weighted by Gasteiger charge is 2.33. The van der Waals surface area contributed by atoms with Crippen molar-refractivity contribution in [1.29, 1.82) is 0 Å². The Labute approximate surface area is 176 Å². The number of alkyl halides is 2. The van der Waals surface area contributed by atoms with Crippen LogP contribution in [0.4, 0.5) is 14.6 Å². The van der Waals surface area contributed by atoms with Gasteiger partial charge < -0.3 is 5.32 Å². The number of hydrogen-bond acceptors (Lipinski definition) is 5. The number of halogens is 2. The fraction of sp³-hybridized carbons (Fsp3) is 0.200. The van der Waals surface area contributed by atoms with Gasteiger partial charge in [-0.3, -0.25) is 4.79 Å². The van der Waals surface area contributed by atoms with Crippen molar-refractivity contribution in [2.45, 2.75) is 29.1 Å². The van der Waals surface area contributed by atoms with Crippen LogP contribution in [0.15, 0.2) is 53.4 Å². The van der Waals surface area contributed by atoms with Crippen LogP contribution in [-0.4, -0.2) is 29.9 Å². The first-order valence-corrected chi connectivity index (χ1v) is 11.7. The Balaban J connectivity index is 1.75. The standard InChI is InChI=1S/C20H17F2N3O3S2/c1-12-6-8-13(9-7-12)25-18(15-10-30(27,28)11-16(15)24-25)23-19(26)14-4-2-3-5-17(14)29-20(21)22/h2-9,20H,10-11H2,1H3,(H,23,26). The third kappa shape index (κ3) is 4.10. The molecule has 0 radical (unpaired) electrons. The molecular formula is C20H17F2N3O3S2. The quantitative estimate of drug-likeness (QED) is 0.591. The van der Waals surface area contributed by atoms with Crippen molar-refractivity contribution in [2.24, 2.45) is 0 Å².